The van der Waals surface area contributed by atoms with Gasteiger partial charge in [-0.3, -0.25) is 9.59 Å². The van der Waals surface area contributed by atoms with Crippen molar-refractivity contribution in [1.82, 2.24) is 0 Å². The minimum Gasteiger partial charge on any atom is -0.295 e. The van der Waals surface area contributed by atoms with Gasteiger partial charge in [0.25, 0.3) is 0 Å². The maximum Gasteiger partial charge on any atom is 0.248 e. The third kappa shape index (κ3) is 2.73. The van der Waals surface area contributed by atoms with Gasteiger partial charge in [0.2, 0.25) is 3.79 Å². The number of fused-ring (bicyclic) bond motifs is 5. The summed E-state index contributed by atoms with van der Waals surface area (Å²) in [6, 6.07) is 0. The van der Waals surface area contributed by atoms with Crippen LogP contribution in [0.25, 0.3) is 0 Å². The molecule has 4 rings (SSSR count). The molecular formula is C21H27Cl3O2. The van der Waals surface area contributed by atoms with Crippen LogP contribution < -0.4 is 0 Å². The number of hydrogen-bond donors (Lipinski definition) is 0. The van der Waals surface area contributed by atoms with Crippen molar-refractivity contribution in [1.29, 1.82) is 0 Å². The maximum absolute atomic E-state index is 12.8. The van der Waals surface area contributed by atoms with Gasteiger partial charge >= 0.3 is 0 Å². The highest BCUT2D eigenvalue weighted by atomic mass is 35.6. The zero-order valence-corrected chi connectivity index (χ0v) is 17.8. The fourth-order valence-electron chi connectivity index (χ4n) is 7.19. The van der Waals surface area contributed by atoms with Gasteiger partial charge in [0.15, 0.2) is 11.6 Å². The first-order valence-corrected chi connectivity index (χ1v) is 11.1. The van der Waals surface area contributed by atoms with Crippen molar-refractivity contribution in [2.75, 3.05) is 0 Å². The van der Waals surface area contributed by atoms with Crippen LogP contribution in [0.5, 0.6) is 0 Å². The van der Waals surface area contributed by atoms with Crippen LogP contribution in [0.15, 0.2) is 11.6 Å². The van der Waals surface area contributed by atoms with E-state index in [9.17, 15) is 9.59 Å². The molecule has 4 aliphatic rings. The van der Waals surface area contributed by atoms with E-state index in [1.165, 1.54) is 5.57 Å². The molecule has 3 saturated carbocycles. The second-order valence-corrected chi connectivity index (χ2v) is 11.8. The Kier molecular flexibility index (Phi) is 4.61. The summed E-state index contributed by atoms with van der Waals surface area (Å²) in [4.78, 5) is 24.7. The third-order valence-corrected chi connectivity index (χ3v) is 9.12. The summed E-state index contributed by atoms with van der Waals surface area (Å²) in [5, 5.41) is 0. The Morgan fingerprint density at radius 2 is 1.77 bits per heavy atom. The number of carbonyl (C=O) groups is 2. The predicted octanol–water partition coefficient (Wildman–Crippen LogP) is 6.07. The van der Waals surface area contributed by atoms with Crippen LogP contribution in [0.2, 0.25) is 0 Å². The molecule has 0 spiro atoms. The highest BCUT2D eigenvalue weighted by molar-refractivity contribution is 6.76. The van der Waals surface area contributed by atoms with Crippen molar-refractivity contribution in [3.63, 3.8) is 0 Å². The normalized spacial score (nSPS) is 45.4. The SMILES string of the molecule is C[C@]12CC[C@H]3[C@@H](CCC4=CC(=O)CC[C@@]43C)[C@@H]1CC[C@@H]2C(=O)C(Cl)(Cl)Cl. The van der Waals surface area contributed by atoms with E-state index in [4.69, 9.17) is 34.8 Å². The van der Waals surface area contributed by atoms with Crippen LogP contribution in [-0.4, -0.2) is 15.4 Å². The molecule has 26 heavy (non-hydrogen) atoms. The van der Waals surface area contributed by atoms with Crippen molar-refractivity contribution < 1.29 is 9.59 Å². The average molecular weight is 418 g/mol. The molecule has 0 aliphatic heterocycles. The van der Waals surface area contributed by atoms with Gasteiger partial charge in [-0.2, -0.15) is 0 Å². The third-order valence-electron chi connectivity index (χ3n) is 8.56. The lowest BCUT2D eigenvalue weighted by atomic mass is 9.46. The van der Waals surface area contributed by atoms with Gasteiger partial charge < -0.3 is 0 Å². The van der Waals surface area contributed by atoms with E-state index in [1.807, 2.05) is 6.08 Å². The van der Waals surface area contributed by atoms with Crippen LogP contribution in [0.1, 0.15) is 65.2 Å². The number of alkyl halides is 3. The van der Waals surface area contributed by atoms with Gasteiger partial charge in [0, 0.05) is 12.3 Å². The summed E-state index contributed by atoms with van der Waals surface area (Å²) in [5.41, 5.74) is 1.49. The molecule has 5 heteroatoms. The van der Waals surface area contributed by atoms with Crippen molar-refractivity contribution in [2.45, 2.75) is 69.0 Å². The van der Waals surface area contributed by atoms with Crippen molar-refractivity contribution >= 4 is 46.4 Å². The Labute approximate surface area is 171 Å². The van der Waals surface area contributed by atoms with E-state index >= 15 is 0 Å². The summed E-state index contributed by atoms with van der Waals surface area (Å²) in [6.45, 7) is 4.64. The second kappa shape index (κ2) is 6.22. The topological polar surface area (TPSA) is 34.1 Å². The van der Waals surface area contributed by atoms with Gasteiger partial charge in [-0.05, 0) is 79.6 Å². The first kappa shape index (κ1) is 19.3. The molecule has 0 amide bonds. The Bertz CT molecular complexity index is 679. The molecule has 0 aromatic heterocycles. The molecule has 6 atom stereocenters. The van der Waals surface area contributed by atoms with Crippen LogP contribution in [0.3, 0.4) is 0 Å². The largest absolute Gasteiger partial charge is 0.295 e. The van der Waals surface area contributed by atoms with Gasteiger partial charge in [-0.25, -0.2) is 0 Å². The Hall–Kier alpha value is -0.0500. The standard InChI is InChI=1S/C21H27Cl3O2/c1-19-9-7-13(25)11-12(19)3-4-14-15-5-6-17(18(26)21(22,23)24)20(15,2)10-8-16(14)19/h11,14-17H,3-10H2,1-2H3/t14-,15-,16-,17+,19-,20-/m0/s1. The number of hydrogen-bond acceptors (Lipinski definition) is 2. The molecule has 0 bridgehead atoms. The van der Waals surface area contributed by atoms with Crippen LogP contribution in [0, 0.1) is 34.5 Å². The summed E-state index contributed by atoms with van der Waals surface area (Å²) < 4.78 is -1.81. The summed E-state index contributed by atoms with van der Waals surface area (Å²) in [7, 11) is 0. The minimum atomic E-state index is -1.81. The first-order chi connectivity index (χ1) is 12.1. The molecule has 3 fully saturated rings. The van der Waals surface area contributed by atoms with E-state index in [0.29, 0.717) is 30.0 Å². The molecule has 0 aromatic carbocycles. The number of carbonyl (C=O) groups excluding carboxylic acids is 2. The molecule has 2 nitrogen and oxygen atoms in total. The van der Waals surface area contributed by atoms with Gasteiger partial charge in [-0.15, -0.1) is 0 Å². The van der Waals surface area contributed by atoms with Gasteiger partial charge in [-0.1, -0.05) is 54.2 Å². The highest BCUT2D eigenvalue weighted by Crippen LogP contribution is 2.67. The Morgan fingerprint density at radius 1 is 1.04 bits per heavy atom. The lowest BCUT2D eigenvalue weighted by Gasteiger charge is -2.58. The molecule has 0 aromatic rings. The fourth-order valence-corrected chi connectivity index (χ4v) is 7.58. The lowest BCUT2D eigenvalue weighted by molar-refractivity contribution is -0.129. The van der Waals surface area contributed by atoms with Gasteiger partial charge in [0.05, 0.1) is 0 Å². The molecular weight excluding hydrogens is 391 g/mol. The number of allylic oxidation sites excluding steroid dienone is 1. The quantitative estimate of drug-likeness (QED) is 0.485. The molecule has 144 valence electrons. The number of ketones is 2. The summed E-state index contributed by atoms with van der Waals surface area (Å²) in [6.07, 6.45) is 9.80. The van der Waals surface area contributed by atoms with E-state index < -0.39 is 3.79 Å². The van der Waals surface area contributed by atoms with Crippen LogP contribution in [0.4, 0.5) is 0 Å². The second-order valence-electron chi connectivity index (χ2n) is 9.51. The minimum absolute atomic E-state index is 0.0514. The number of Topliss-reactive ketones (excluding diaryl/α,β-unsaturated/α-hetero) is 1. The summed E-state index contributed by atoms with van der Waals surface area (Å²) in [5.74, 6) is 1.72. The van der Waals surface area contributed by atoms with Gasteiger partial charge in [0.1, 0.15) is 0 Å². The summed E-state index contributed by atoms with van der Waals surface area (Å²) >= 11 is 17.9. The maximum atomic E-state index is 12.8. The van der Waals surface area contributed by atoms with Crippen molar-refractivity contribution in [2.24, 2.45) is 34.5 Å². The highest BCUT2D eigenvalue weighted by Gasteiger charge is 2.61. The molecule has 0 heterocycles. The zero-order valence-electron chi connectivity index (χ0n) is 15.5. The van der Waals surface area contributed by atoms with E-state index in [2.05, 4.69) is 13.8 Å². The molecule has 4 aliphatic carbocycles. The molecule has 0 saturated heterocycles. The van der Waals surface area contributed by atoms with E-state index in [1.54, 1.807) is 0 Å². The average Bonchev–Trinajstić information content (AvgIpc) is 2.91. The fraction of sp³-hybridized carbons (Fsp3) is 0.810. The Morgan fingerprint density at radius 3 is 2.46 bits per heavy atom. The predicted molar refractivity (Wildman–Crippen MR) is 105 cm³/mol. The zero-order chi connectivity index (χ0) is 18.9. The Balaban J connectivity index is 1.63. The molecule has 0 N–H and O–H groups in total. The lowest BCUT2D eigenvalue weighted by Crippen LogP contribution is -2.51. The smallest absolute Gasteiger partial charge is 0.248 e. The molecule has 0 radical (unpaired) electrons. The number of rotatable bonds is 1. The monoisotopic (exact) mass is 416 g/mol. The van der Waals surface area contributed by atoms with Crippen molar-refractivity contribution in [3.8, 4) is 0 Å². The first-order valence-electron chi connectivity index (χ1n) is 9.92. The van der Waals surface area contributed by atoms with E-state index in [-0.39, 0.29) is 22.5 Å². The molecule has 0 unspecified atom stereocenters. The van der Waals surface area contributed by atoms with Crippen molar-refractivity contribution in [3.05, 3.63) is 11.6 Å². The van der Waals surface area contributed by atoms with Crippen LogP contribution in [-0.2, 0) is 9.59 Å². The van der Waals surface area contributed by atoms with E-state index in [0.717, 1.165) is 44.9 Å². The number of halogens is 3. The van der Waals surface area contributed by atoms with Crippen LogP contribution >= 0.6 is 34.8 Å².